The Kier molecular flexibility index (Phi) is 6.34. The zero-order chi connectivity index (χ0) is 15.9. The SMILES string of the molecule is CN(CC(=O)N(C)Cc1ccc(F)cc1)CC1CCCCO1. The van der Waals surface area contributed by atoms with Crippen molar-refractivity contribution in [2.24, 2.45) is 0 Å². The van der Waals surface area contributed by atoms with E-state index in [2.05, 4.69) is 0 Å². The molecular weight excluding hydrogens is 283 g/mol. The second-order valence-corrected chi connectivity index (χ2v) is 6.06. The molecule has 1 aliphatic rings. The molecule has 122 valence electrons. The van der Waals surface area contributed by atoms with Gasteiger partial charge in [0.1, 0.15) is 5.82 Å². The number of hydrogen-bond acceptors (Lipinski definition) is 3. The molecule has 0 aromatic heterocycles. The fourth-order valence-electron chi connectivity index (χ4n) is 2.67. The van der Waals surface area contributed by atoms with Crippen LogP contribution in [0.1, 0.15) is 24.8 Å². The summed E-state index contributed by atoms with van der Waals surface area (Å²) < 4.78 is 18.6. The lowest BCUT2D eigenvalue weighted by molar-refractivity contribution is -0.131. The molecular formula is C17H25FN2O2. The highest BCUT2D eigenvalue weighted by atomic mass is 19.1. The maximum absolute atomic E-state index is 12.9. The molecule has 0 bridgehead atoms. The number of ether oxygens (including phenoxy) is 1. The van der Waals surface area contributed by atoms with Gasteiger partial charge in [-0.2, -0.15) is 0 Å². The Labute approximate surface area is 131 Å². The molecule has 22 heavy (non-hydrogen) atoms. The van der Waals surface area contributed by atoms with Crippen LogP contribution in [0.2, 0.25) is 0 Å². The molecule has 1 heterocycles. The van der Waals surface area contributed by atoms with Crippen molar-refractivity contribution in [2.75, 3.05) is 33.8 Å². The highest BCUT2D eigenvalue weighted by Crippen LogP contribution is 2.13. The largest absolute Gasteiger partial charge is 0.377 e. The number of likely N-dealkylation sites (N-methyl/N-ethyl adjacent to an activating group) is 2. The van der Waals surface area contributed by atoms with E-state index in [1.165, 1.54) is 18.6 Å². The summed E-state index contributed by atoms with van der Waals surface area (Å²) in [6.07, 6.45) is 3.66. The van der Waals surface area contributed by atoms with Gasteiger partial charge in [-0.25, -0.2) is 4.39 Å². The van der Waals surface area contributed by atoms with Gasteiger partial charge in [0, 0.05) is 26.7 Å². The molecule has 1 unspecified atom stereocenters. The van der Waals surface area contributed by atoms with Gasteiger partial charge in [0.2, 0.25) is 5.91 Å². The number of halogens is 1. The van der Waals surface area contributed by atoms with Crippen LogP contribution in [-0.2, 0) is 16.1 Å². The quantitative estimate of drug-likeness (QED) is 0.808. The van der Waals surface area contributed by atoms with Crippen LogP contribution in [0.3, 0.4) is 0 Å². The zero-order valence-corrected chi connectivity index (χ0v) is 13.4. The number of rotatable bonds is 6. The van der Waals surface area contributed by atoms with E-state index in [0.29, 0.717) is 13.1 Å². The fourth-order valence-corrected chi connectivity index (χ4v) is 2.67. The number of nitrogens with zero attached hydrogens (tertiary/aromatic N) is 2. The summed E-state index contributed by atoms with van der Waals surface area (Å²) in [5.74, 6) is -0.201. The minimum atomic E-state index is -0.259. The van der Waals surface area contributed by atoms with Crippen molar-refractivity contribution in [1.29, 1.82) is 0 Å². The molecule has 1 aromatic rings. The van der Waals surface area contributed by atoms with E-state index >= 15 is 0 Å². The minimum absolute atomic E-state index is 0.0580. The summed E-state index contributed by atoms with van der Waals surface area (Å²) >= 11 is 0. The van der Waals surface area contributed by atoms with Crippen LogP contribution in [0.5, 0.6) is 0 Å². The van der Waals surface area contributed by atoms with Crippen LogP contribution in [0.15, 0.2) is 24.3 Å². The van der Waals surface area contributed by atoms with Gasteiger partial charge < -0.3 is 9.64 Å². The summed E-state index contributed by atoms with van der Waals surface area (Å²) in [6, 6.07) is 6.25. The van der Waals surface area contributed by atoms with Crippen LogP contribution in [-0.4, -0.2) is 55.6 Å². The maximum atomic E-state index is 12.9. The Bertz CT molecular complexity index is 472. The average molecular weight is 308 g/mol. The van der Waals surface area contributed by atoms with E-state index in [1.807, 2.05) is 11.9 Å². The van der Waals surface area contributed by atoms with Gasteiger partial charge >= 0.3 is 0 Å². The molecule has 0 spiro atoms. The normalized spacial score (nSPS) is 18.5. The summed E-state index contributed by atoms with van der Waals surface area (Å²) in [6.45, 7) is 2.48. The molecule has 4 nitrogen and oxygen atoms in total. The predicted octanol–water partition coefficient (Wildman–Crippen LogP) is 2.29. The van der Waals surface area contributed by atoms with E-state index < -0.39 is 0 Å². The first-order valence-corrected chi connectivity index (χ1v) is 7.83. The van der Waals surface area contributed by atoms with Crippen LogP contribution < -0.4 is 0 Å². The van der Waals surface area contributed by atoms with Gasteiger partial charge in [0.15, 0.2) is 0 Å². The molecule has 1 saturated heterocycles. The van der Waals surface area contributed by atoms with Crippen molar-refractivity contribution in [3.8, 4) is 0 Å². The Balaban J connectivity index is 1.76. The first kappa shape index (κ1) is 16.9. The molecule has 1 aliphatic heterocycles. The number of carbonyl (C=O) groups is 1. The maximum Gasteiger partial charge on any atom is 0.236 e. The lowest BCUT2D eigenvalue weighted by Gasteiger charge is -2.28. The fraction of sp³-hybridized carbons (Fsp3) is 0.588. The first-order valence-electron chi connectivity index (χ1n) is 7.83. The Morgan fingerprint density at radius 1 is 1.27 bits per heavy atom. The van der Waals surface area contributed by atoms with Gasteiger partial charge in [-0.15, -0.1) is 0 Å². The molecule has 0 radical (unpaired) electrons. The zero-order valence-electron chi connectivity index (χ0n) is 13.4. The van der Waals surface area contributed by atoms with Crippen molar-refractivity contribution in [3.05, 3.63) is 35.6 Å². The van der Waals surface area contributed by atoms with Gasteiger partial charge in [0.05, 0.1) is 12.6 Å². The Hall–Kier alpha value is -1.46. The van der Waals surface area contributed by atoms with Crippen LogP contribution >= 0.6 is 0 Å². The van der Waals surface area contributed by atoms with Crippen molar-refractivity contribution in [1.82, 2.24) is 9.80 Å². The molecule has 0 aliphatic carbocycles. The monoisotopic (exact) mass is 308 g/mol. The third kappa shape index (κ3) is 5.39. The minimum Gasteiger partial charge on any atom is -0.377 e. The van der Waals surface area contributed by atoms with Gasteiger partial charge in [-0.05, 0) is 44.0 Å². The summed E-state index contributed by atoms with van der Waals surface area (Å²) in [5.41, 5.74) is 0.926. The van der Waals surface area contributed by atoms with E-state index in [9.17, 15) is 9.18 Å². The van der Waals surface area contributed by atoms with Crippen molar-refractivity contribution in [3.63, 3.8) is 0 Å². The highest BCUT2D eigenvalue weighted by molar-refractivity contribution is 5.77. The number of amides is 1. The number of hydrogen-bond donors (Lipinski definition) is 0. The second kappa shape index (κ2) is 8.25. The number of carbonyl (C=O) groups excluding carboxylic acids is 1. The lowest BCUT2D eigenvalue weighted by atomic mass is 10.1. The molecule has 1 aromatic carbocycles. The summed E-state index contributed by atoms with van der Waals surface area (Å²) in [7, 11) is 3.72. The highest BCUT2D eigenvalue weighted by Gasteiger charge is 2.18. The lowest BCUT2D eigenvalue weighted by Crippen LogP contribution is -2.40. The topological polar surface area (TPSA) is 32.8 Å². The summed E-state index contributed by atoms with van der Waals surface area (Å²) in [4.78, 5) is 15.9. The van der Waals surface area contributed by atoms with Crippen LogP contribution in [0, 0.1) is 5.82 Å². The molecule has 0 N–H and O–H groups in total. The smallest absolute Gasteiger partial charge is 0.236 e. The molecule has 1 amide bonds. The van der Waals surface area contributed by atoms with E-state index in [0.717, 1.165) is 31.6 Å². The molecule has 0 saturated carbocycles. The van der Waals surface area contributed by atoms with E-state index in [1.54, 1.807) is 24.1 Å². The van der Waals surface area contributed by atoms with E-state index in [-0.39, 0.29) is 17.8 Å². The third-order valence-electron chi connectivity index (χ3n) is 3.95. The van der Waals surface area contributed by atoms with Crippen LogP contribution in [0.25, 0.3) is 0 Å². The average Bonchev–Trinajstić information content (AvgIpc) is 2.50. The third-order valence-corrected chi connectivity index (χ3v) is 3.95. The Morgan fingerprint density at radius 3 is 2.64 bits per heavy atom. The van der Waals surface area contributed by atoms with Crippen molar-refractivity contribution >= 4 is 5.91 Å². The second-order valence-electron chi connectivity index (χ2n) is 6.06. The molecule has 1 atom stereocenters. The van der Waals surface area contributed by atoms with Crippen LogP contribution in [0.4, 0.5) is 4.39 Å². The predicted molar refractivity (Wildman–Crippen MR) is 84.0 cm³/mol. The van der Waals surface area contributed by atoms with E-state index in [4.69, 9.17) is 4.74 Å². The Morgan fingerprint density at radius 2 is 2.00 bits per heavy atom. The van der Waals surface area contributed by atoms with Gasteiger partial charge in [-0.1, -0.05) is 12.1 Å². The number of benzene rings is 1. The van der Waals surface area contributed by atoms with Crippen molar-refractivity contribution < 1.29 is 13.9 Å². The molecule has 2 rings (SSSR count). The molecule has 1 fully saturated rings. The van der Waals surface area contributed by atoms with Gasteiger partial charge in [0.25, 0.3) is 0 Å². The molecule has 5 heteroatoms. The van der Waals surface area contributed by atoms with Gasteiger partial charge in [-0.3, -0.25) is 9.69 Å². The standard InChI is InChI=1S/C17H25FN2O2/c1-19(12-16-5-3-4-10-22-16)13-17(21)20(2)11-14-6-8-15(18)9-7-14/h6-9,16H,3-5,10-13H2,1-2H3. The summed E-state index contributed by atoms with van der Waals surface area (Å²) in [5, 5.41) is 0. The first-order chi connectivity index (χ1) is 10.5. The van der Waals surface area contributed by atoms with Crippen molar-refractivity contribution in [2.45, 2.75) is 31.9 Å².